The Morgan fingerprint density at radius 3 is 2.61 bits per heavy atom. The van der Waals surface area contributed by atoms with Crippen LogP contribution in [-0.2, 0) is 0 Å². The summed E-state index contributed by atoms with van der Waals surface area (Å²) in [4.78, 5) is 4.51. The molecule has 0 radical (unpaired) electrons. The van der Waals surface area contributed by atoms with Gasteiger partial charge in [0.15, 0.2) is 0 Å². The summed E-state index contributed by atoms with van der Waals surface area (Å²) in [5.74, 6) is 0.920. The van der Waals surface area contributed by atoms with Crippen LogP contribution in [0.4, 0.5) is 0 Å². The Hall–Kier alpha value is -0.890. The number of rotatable bonds is 4. The maximum absolute atomic E-state index is 6.32. The molecular weight excluding hydrogens is 220 g/mol. The molecule has 2 rings (SSSR count). The first-order valence-corrected chi connectivity index (χ1v) is 7.36. The van der Waals surface area contributed by atoms with Gasteiger partial charge < -0.3 is 5.73 Å². The number of nitrogens with two attached hydrogens (primary N) is 1. The van der Waals surface area contributed by atoms with E-state index in [0.29, 0.717) is 0 Å². The highest BCUT2D eigenvalue weighted by Crippen LogP contribution is 2.30. The van der Waals surface area contributed by atoms with Crippen molar-refractivity contribution < 1.29 is 0 Å². The van der Waals surface area contributed by atoms with Gasteiger partial charge in [-0.25, -0.2) is 0 Å². The molecular formula is C16H26N2. The Bertz CT molecular complexity index is 381. The molecule has 1 heterocycles. The monoisotopic (exact) mass is 246 g/mol. The van der Waals surface area contributed by atoms with Gasteiger partial charge in [0.2, 0.25) is 0 Å². The number of aromatic nitrogens is 1. The molecule has 100 valence electrons. The topological polar surface area (TPSA) is 38.9 Å². The van der Waals surface area contributed by atoms with E-state index in [2.05, 4.69) is 24.0 Å². The molecule has 1 saturated carbocycles. The molecule has 1 aromatic heterocycles. The van der Waals surface area contributed by atoms with E-state index in [4.69, 9.17) is 5.73 Å². The van der Waals surface area contributed by atoms with Crippen molar-refractivity contribution in [2.24, 2.45) is 11.7 Å². The molecule has 1 aromatic rings. The minimum Gasteiger partial charge on any atom is -0.324 e. The van der Waals surface area contributed by atoms with E-state index < -0.39 is 0 Å². The van der Waals surface area contributed by atoms with E-state index in [0.717, 1.165) is 23.7 Å². The lowest BCUT2D eigenvalue weighted by atomic mass is 9.84. The van der Waals surface area contributed by atoms with Crippen LogP contribution in [0.3, 0.4) is 0 Å². The van der Waals surface area contributed by atoms with Crippen LogP contribution in [0.2, 0.25) is 0 Å². The fourth-order valence-corrected chi connectivity index (χ4v) is 3.14. The largest absolute Gasteiger partial charge is 0.324 e. The van der Waals surface area contributed by atoms with Crippen LogP contribution < -0.4 is 5.73 Å². The van der Waals surface area contributed by atoms with Crippen molar-refractivity contribution in [2.45, 2.75) is 64.8 Å². The summed E-state index contributed by atoms with van der Waals surface area (Å²) in [5, 5.41) is 0. The van der Waals surface area contributed by atoms with Crippen molar-refractivity contribution in [3.63, 3.8) is 0 Å². The van der Waals surface area contributed by atoms with Gasteiger partial charge in [-0.15, -0.1) is 0 Å². The van der Waals surface area contributed by atoms with Crippen LogP contribution in [0.1, 0.15) is 67.9 Å². The summed E-state index contributed by atoms with van der Waals surface area (Å²) in [7, 11) is 0. The summed E-state index contributed by atoms with van der Waals surface area (Å²) in [5.41, 5.74) is 9.74. The van der Waals surface area contributed by atoms with Crippen LogP contribution in [-0.4, -0.2) is 4.98 Å². The minimum absolute atomic E-state index is 0.167. The Balaban J connectivity index is 1.88. The number of aryl methyl sites for hydroxylation is 2. The number of pyridine rings is 1. The van der Waals surface area contributed by atoms with Gasteiger partial charge in [0.25, 0.3) is 0 Å². The zero-order chi connectivity index (χ0) is 13.0. The molecule has 0 aliphatic heterocycles. The normalized spacial score (nSPS) is 18.8. The van der Waals surface area contributed by atoms with Crippen molar-refractivity contribution in [3.05, 3.63) is 29.1 Å². The quantitative estimate of drug-likeness (QED) is 0.870. The third-order valence-corrected chi connectivity index (χ3v) is 4.28. The smallest absolute Gasteiger partial charge is 0.0423 e. The molecule has 2 nitrogen and oxygen atoms in total. The highest BCUT2D eigenvalue weighted by Gasteiger charge is 2.16. The van der Waals surface area contributed by atoms with E-state index in [-0.39, 0.29) is 6.04 Å². The Kier molecular flexibility index (Phi) is 4.76. The summed E-state index contributed by atoms with van der Waals surface area (Å²) in [6.45, 7) is 4.10. The second-order valence-corrected chi connectivity index (χ2v) is 5.82. The standard InChI is InChI=1S/C16H26N2/c1-12-8-10-15(13(2)18-12)16(17)11-9-14-6-4-3-5-7-14/h8,10,14,16H,3-7,9,11,17H2,1-2H3. The Labute approximate surface area is 111 Å². The van der Waals surface area contributed by atoms with E-state index in [1.165, 1.54) is 44.1 Å². The van der Waals surface area contributed by atoms with Crippen molar-refractivity contribution >= 4 is 0 Å². The summed E-state index contributed by atoms with van der Waals surface area (Å²) in [6.07, 6.45) is 9.50. The van der Waals surface area contributed by atoms with Gasteiger partial charge in [-0.2, -0.15) is 0 Å². The maximum atomic E-state index is 6.32. The SMILES string of the molecule is Cc1ccc(C(N)CCC2CCCCC2)c(C)n1. The van der Waals surface area contributed by atoms with Gasteiger partial charge in [-0.1, -0.05) is 38.2 Å². The molecule has 0 aromatic carbocycles. The molecule has 1 aliphatic rings. The van der Waals surface area contributed by atoms with Crippen molar-refractivity contribution in [3.8, 4) is 0 Å². The van der Waals surface area contributed by atoms with Gasteiger partial charge in [0.1, 0.15) is 0 Å². The average Bonchev–Trinajstić information content (AvgIpc) is 2.37. The molecule has 0 spiro atoms. The first kappa shape index (κ1) is 13.5. The lowest BCUT2D eigenvalue weighted by Gasteiger charge is -2.23. The van der Waals surface area contributed by atoms with Gasteiger partial charge in [0.05, 0.1) is 0 Å². The van der Waals surface area contributed by atoms with Gasteiger partial charge >= 0.3 is 0 Å². The average molecular weight is 246 g/mol. The zero-order valence-electron chi connectivity index (χ0n) is 11.8. The lowest BCUT2D eigenvalue weighted by molar-refractivity contribution is 0.324. The molecule has 1 fully saturated rings. The predicted octanol–water partition coefficient (Wildman–Crippen LogP) is 4.06. The van der Waals surface area contributed by atoms with Crippen molar-refractivity contribution in [1.82, 2.24) is 4.98 Å². The third kappa shape index (κ3) is 3.55. The van der Waals surface area contributed by atoms with Gasteiger partial charge in [-0.3, -0.25) is 4.98 Å². The van der Waals surface area contributed by atoms with E-state index >= 15 is 0 Å². The second kappa shape index (κ2) is 6.33. The second-order valence-electron chi connectivity index (χ2n) is 5.82. The van der Waals surface area contributed by atoms with E-state index in [9.17, 15) is 0 Å². The van der Waals surface area contributed by atoms with E-state index in [1.54, 1.807) is 0 Å². The molecule has 2 N–H and O–H groups in total. The molecule has 1 unspecified atom stereocenters. The molecule has 18 heavy (non-hydrogen) atoms. The Morgan fingerprint density at radius 1 is 1.22 bits per heavy atom. The molecule has 1 atom stereocenters. The summed E-state index contributed by atoms with van der Waals surface area (Å²) in [6, 6.07) is 4.39. The molecule has 0 amide bonds. The van der Waals surface area contributed by atoms with Crippen LogP contribution in [0.15, 0.2) is 12.1 Å². The Morgan fingerprint density at radius 2 is 1.94 bits per heavy atom. The fraction of sp³-hybridized carbons (Fsp3) is 0.688. The van der Waals surface area contributed by atoms with Gasteiger partial charge in [0, 0.05) is 17.4 Å². The van der Waals surface area contributed by atoms with Crippen LogP contribution in [0, 0.1) is 19.8 Å². The third-order valence-electron chi connectivity index (χ3n) is 4.28. The summed E-state index contributed by atoms with van der Waals surface area (Å²) >= 11 is 0. The number of hydrogen-bond acceptors (Lipinski definition) is 2. The van der Waals surface area contributed by atoms with Crippen LogP contribution >= 0.6 is 0 Å². The number of nitrogens with zero attached hydrogens (tertiary/aromatic N) is 1. The molecule has 0 saturated heterocycles. The van der Waals surface area contributed by atoms with Gasteiger partial charge in [-0.05, 0) is 44.2 Å². The number of hydrogen-bond donors (Lipinski definition) is 1. The first-order chi connectivity index (χ1) is 8.66. The van der Waals surface area contributed by atoms with Crippen LogP contribution in [0.25, 0.3) is 0 Å². The molecule has 2 heteroatoms. The first-order valence-electron chi connectivity index (χ1n) is 7.36. The van der Waals surface area contributed by atoms with Crippen molar-refractivity contribution in [1.29, 1.82) is 0 Å². The van der Waals surface area contributed by atoms with Crippen molar-refractivity contribution in [2.75, 3.05) is 0 Å². The molecule has 0 bridgehead atoms. The zero-order valence-corrected chi connectivity index (χ0v) is 11.8. The lowest BCUT2D eigenvalue weighted by Crippen LogP contribution is -2.15. The minimum atomic E-state index is 0.167. The van der Waals surface area contributed by atoms with E-state index in [1.807, 2.05) is 6.92 Å². The molecule has 1 aliphatic carbocycles. The predicted molar refractivity (Wildman–Crippen MR) is 76.4 cm³/mol. The maximum Gasteiger partial charge on any atom is 0.0423 e. The highest BCUT2D eigenvalue weighted by molar-refractivity contribution is 5.24. The van der Waals surface area contributed by atoms with Crippen LogP contribution in [0.5, 0.6) is 0 Å². The summed E-state index contributed by atoms with van der Waals surface area (Å²) < 4.78 is 0. The fourth-order valence-electron chi connectivity index (χ4n) is 3.14. The highest BCUT2D eigenvalue weighted by atomic mass is 14.7.